The molecule has 4 N–H and O–H groups in total. The average Bonchev–Trinajstić information content (AvgIpc) is 2.84. The van der Waals surface area contributed by atoms with E-state index in [-0.39, 0.29) is 18.0 Å². The maximum atomic E-state index is 12.2. The van der Waals surface area contributed by atoms with Gasteiger partial charge in [-0.1, -0.05) is 12.7 Å². The Hall–Kier alpha value is -1.88. The maximum absolute atomic E-state index is 12.2. The minimum absolute atomic E-state index is 0.0946. The van der Waals surface area contributed by atoms with E-state index >= 15 is 0 Å². The molecule has 0 radical (unpaired) electrons. The first-order valence-corrected chi connectivity index (χ1v) is 7.00. The largest absolute Gasteiger partial charge is 0.349 e. The van der Waals surface area contributed by atoms with Crippen molar-refractivity contribution in [3.8, 4) is 0 Å². The van der Waals surface area contributed by atoms with Crippen LogP contribution in [-0.4, -0.2) is 28.0 Å². The number of carbonyl (C=O) groups is 1. The Bertz CT molecular complexity index is 510. The van der Waals surface area contributed by atoms with Crippen molar-refractivity contribution in [2.75, 3.05) is 0 Å². The summed E-state index contributed by atoms with van der Waals surface area (Å²) in [5, 5.41) is 3.05. The van der Waals surface area contributed by atoms with E-state index in [2.05, 4.69) is 21.9 Å². The lowest BCUT2D eigenvalue weighted by atomic mass is 9.91. The number of rotatable bonds is 4. The van der Waals surface area contributed by atoms with Crippen molar-refractivity contribution in [3.05, 3.63) is 35.9 Å². The molecule has 1 aliphatic rings. The van der Waals surface area contributed by atoms with E-state index in [9.17, 15) is 4.79 Å². The van der Waals surface area contributed by atoms with Crippen LogP contribution in [0.2, 0.25) is 0 Å². The summed E-state index contributed by atoms with van der Waals surface area (Å²) in [7, 11) is 0. The standard InChI is InChI=1S/C15H22N4O/c1-3-11(8-14-10(2)17-9-18-14)15(20)19-13-6-4-12(16)5-7-13/h3,8-9,12-13H,1,4-7,16H2,2H3,(H,17,18)(H,19,20)/b11-8+. The lowest BCUT2D eigenvalue weighted by molar-refractivity contribution is -0.118. The number of H-pyrrole nitrogens is 1. The van der Waals surface area contributed by atoms with Crippen LogP contribution >= 0.6 is 0 Å². The molecule has 20 heavy (non-hydrogen) atoms. The van der Waals surface area contributed by atoms with Crippen molar-refractivity contribution in [1.82, 2.24) is 15.3 Å². The second-order valence-corrected chi connectivity index (χ2v) is 5.30. The van der Waals surface area contributed by atoms with E-state index in [0.717, 1.165) is 37.1 Å². The Balaban J connectivity index is 2.01. The topological polar surface area (TPSA) is 83.8 Å². The number of aryl methyl sites for hydroxylation is 1. The van der Waals surface area contributed by atoms with Gasteiger partial charge in [0.2, 0.25) is 0 Å². The molecule has 0 spiro atoms. The van der Waals surface area contributed by atoms with Crippen molar-refractivity contribution in [1.29, 1.82) is 0 Å². The Morgan fingerprint density at radius 3 is 2.75 bits per heavy atom. The van der Waals surface area contributed by atoms with E-state index in [1.54, 1.807) is 18.5 Å². The van der Waals surface area contributed by atoms with E-state index in [1.807, 2.05) is 6.92 Å². The van der Waals surface area contributed by atoms with Gasteiger partial charge in [-0.3, -0.25) is 4.79 Å². The summed E-state index contributed by atoms with van der Waals surface area (Å²) in [5.74, 6) is -0.0946. The summed E-state index contributed by atoms with van der Waals surface area (Å²) in [6.45, 7) is 5.63. The fraction of sp³-hybridized carbons (Fsp3) is 0.467. The number of nitrogens with zero attached hydrogens (tertiary/aromatic N) is 1. The smallest absolute Gasteiger partial charge is 0.251 e. The van der Waals surface area contributed by atoms with Crippen LogP contribution in [0.15, 0.2) is 24.6 Å². The summed E-state index contributed by atoms with van der Waals surface area (Å²) >= 11 is 0. The summed E-state index contributed by atoms with van der Waals surface area (Å²) in [5.41, 5.74) is 8.10. The van der Waals surface area contributed by atoms with Gasteiger partial charge in [0, 0.05) is 23.4 Å². The van der Waals surface area contributed by atoms with Crippen LogP contribution in [0.5, 0.6) is 0 Å². The summed E-state index contributed by atoms with van der Waals surface area (Å²) in [4.78, 5) is 19.4. The molecule has 1 amide bonds. The molecule has 0 bridgehead atoms. The number of hydrogen-bond donors (Lipinski definition) is 3. The van der Waals surface area contributed by atoms with Crippen molar-refractivity contribution in [2.24, 2.45) is 5.73 Å². The fourth-order valence-electron chi connectivity index (χ4n) is 2.41. The highest BCUT2D eigenvalue weighted by Gasteiger charge is 2.20. The highest BCUT2D eigenvalue weighted by atomic mass is 16.1. The molecular weight excluding hydrogens is 252 g/mol. The molecule has 1 heterocycles. The lowest BCUT2D eigenvalue weighted by Gasteiger charge is -2.26. The Kier molecular flexibility index (Phi) is 4.74. The quantitative estimate of drug-likeness (QED) is 0.577. The van der Waals surface area contributed by atoms with E-state index in [4.69, 9.17) is 5.73 Å². The third kappa shape index (κ3) is 3.57. The predicted octanol–water partition coefficient (Wildman–Crippen LogP) is 1.67. The lowest BCUT2D eigenvalue weighted by Crippen LogP contribution is -2.40. The zero-order valence-corrected chi connectivity index (χ0v) is 11.9. The number of aromatic nitrogens is 2. The van der Waals surface area contributed by atoms with Gasteiger partial charge in [-0.05, 0) is 38.7 Å². The van der Waals surface area contributed by atoms with Crippen molar-refractivity contribution >= 4 is 12.0 Å². The second-order valence-electron chi connectivity index (χ2n) is 5.30. The third-order valence-corrected chi connectivity index (χ3v) is 3.75. The van der Waals surface area contributed by atoms with Gasteiger partial charge in [-0.25, -0.2) is 4.98 Å². The molecule has 0 saturated heterocycles. The van der Waals surface area contributed by atoms with Crippen LogP contribution in [0, 0.1) is 6.92 Å². The normalized spacial score (nSPS) is 23.4. The van der Waals surface area contributed by atoms with Gasteiger partial charge in [0.25, 0.3) is 5.91 Å². The molecule has 0 aromatic carbocycles. The Morgan fingerprint density at radius 1 is 1.50 bits per heavy atom. The number of imidazole rings is 1. The molecule has 1 aliphatic carbocycles. The fourth-order valence-corrected chi connectivity index (χ4v) is 2.41. The van der Waals surface area contributed by atoms with E-state index in [0.29, 0.717) is 5.57 Å². The Labute approximate surface area is 119 Å². The number of nitrogens with one attached hydrogen (secondary N) is 2. The van der Waals surface area contributed by atoms with Gasteiger partial charge >= 0.3 is 0 Å². The molecule has 1 aromatic rings. The van der Waals surface area contributed by atoms with Gasteiger partial charge in [0.05, 0.1) is 12.0 Å². The van der Waals surface area contributed by atoms with Crippen LogP contribution in [0.4, 0.5) is 0 Å². The van der Waals surface area contributed by atoms with Gasteiger partial charge in [-0.15, -0.1) is 0 Å². The number of nitrogens with two attached hydrogens (primary N) is 1. The Morgan fingerprint density at radius 2 is 2.20 bits per heavy atom. The SMILES string of the molecule is C=C/C(=C\c1nc[nH]c1C)C(=O)NC1CCC(N)CC1. The predicted molar refractivity (Wildman–Crippen MR) is 79.9 cm³/mol. The highest BCUT2D eigenvalue weighted by molar-refractivity contribution is 6.00. The van der Waals surface area contributed by atoms with Gasteiger partial charge in [0.15, 0.2) is 0 Å². The maximum Gasteiger partial charge on any atom is 0.251 e. The number of hydrogen-bond acceptors (Lipinski definition) is 3. The number of aromatic amines is 1. The van der Waals surface area contributed by atoms with Crippen LogP contribution in [-0.2, 0) is 4.79 Å². The summed E-state index contributed by atoms with van der Waals surface area (Å²) < 4.78 is 0. The molecule has 0 aliphatic heterocycles. The number of carbonyl (C=O) groups excluding carboxylic acids is 1. The van der Waals surface area contributed by atoms with Crippen molar-refractivity contribution < 1.29 is 4.79 Å². The van der Waals surface area contributed by atoms with Crippen LogP contribution in [0.3, 0.4) is 0 Å². The first kappa shape index (κ1) is 14.5. The van der Waals surface area contributed by atoms with Gasteiger partial charge in [-0.2, -0.15) is 0 Å². The molecule has 1 aromatic heterocycles. The van der Waals surface area contributed by atoms with Crippen LogP contribution in [0.1, 0.15) is 37.1 Å². The van der Waals surface area contributed by atoms with Crippen LogP contribution in [0.25, 0.3) is 6.08 Å². The van der Waals surface area contributed by atoms with Gasteiger partial charge in [0.1, 0.15) is 0 Å². The number of amides is 1. The van der Waals surface area contributed by atoms with E-state index < -0.39 is 0 Å². The molecule has 0 unspecified atom stereocenters. The van der Waals surface area contributed by atoms with E-state index in [1.165, 1.54) is 0 Å². The molecule has 5 nitrogen and oxygen atoms in total. The zero-order chi connectivity index (χ0) is 14.5. The third-order valence-electron chi connectivity index (χ3n) is 3.75. The second kappa shape index (κ2) is 6.52. The van der Waals surface area contributed by atoms with Crippen LogP contribution < -0.4 is 11.1 Å². The minimum Gasteiger partial charge on any atom is -0.349 e. The monoisotopic (exact) mass is 274 g/mol. The van der Waals surface area contributed by atoms with Crippen molar-refractivity contribution in [2.45, 2.75) is 44.7 Å². The first-order valence-electron chi connectivity index (χ1n) is 7.00. The molecule has 5 heteroatoms. The van der Waals surface area contributed by atoms with Crippen molar-refractivity contribution in [3.63, 3.8) is 0 Å². The van der Waals surface area contributed by atoms with Gasteiger partial charge < -0.3 is 16.0 Å². The molecule has 1 fully saturated rings. The highest BCUT2D eigenvalue weighted by Crippen LogP contribution is 2.18. The molecule has 1 saturated carbocycles. The summed E-state index contributed by atoms with van der Waals surface area (Å²) in [6.07, 6.45) is 8.76. The molecular formula is C15H22N4O. The molecule has 2 rings (SSSR count). The summed E-state index contributed by atoms with van der Waals surface area (Å²) in [6, 6.07) is 0.496. The molecule has 0 atom stereocenters. The minimum atomic E-state index is -0.0946. The zero-order valence-electron chi connectivity index (χ0n) is 11.9. The average molecular weight is 274 g/mol. The molecule has 108 valence electrons. The first-order chi connectivity index (χ1) is 9.60.